The molecule has 3 rings (SSSR count). The Hall–Kier alpha value is -1.66. The predicted octanol–water partition coefficient (Wildman–Crippen LogP) is 2.05. The van der Waals surface area contributed by atoms with Crippen molar-refractivity contribution < 1.29 is 13.8 Å². The maximum absolute atomic E-state index is 12.3. The minimum Gasteiger partial charge on any atom is -0.288 e. The van der Waals surface area contributed by atoms with Gasteiger partial charge in [-0.05, 0) is 0 Å². The molecule has 1 aliphatic carbocycles. The maximum Gasteiger partial charge on any atom is 0.213 e. The van der Waals surface area contributed by atoms with Crippen LogP contribution in [0.1, 0.15) is 38.2 Å². The molecular formula is C13H9NO3S2. The van der Waals surface area contributed by atoms with E-state index in [9.17, 15) is 13.8 Å². The number of hydrogen-bond acceptors (Lipinski definition) is 5. The molecule has 0 spiro atoms. The van der Waals surface area contributed by atoms with E-state index in [2.05, 4.69) is 4.98 Å². The number of carbonyl (C=O) groups is 2. The van der Waals surface area contributed by atoms with Crippen LogP contribution >= 0.6 is 11.3 Å². The molecule has 1 heterocycles. The Kier molecular flexibility index (Phi) is 2.91. The van der Waals surface area contributed by atoms with Gasteiger partial charge in [0.15, 0.2) is 4.34 Å². The summed E-state index contributed by atoms with van der Waals surface area (Å²) in [5.74, 6) is -0.0512. The molecule has 1 aliphatic rings. The van der Waals surface area contributed by atoms with Gasteiger partial charge in [0.25, 0.3) is 0 Å². The van der Waals surface area contributed by atoms with Gasteiger partial charge in [0.2, 0.25) is 11.6 Å². The third kappa shape index (κ3) is 1.79. The van der Waals surface area contributed by atoms with Gasteiger partial charge in [-0.2, -0.15) is 0 Å². The number of rotatable bonds is 2. The molecule has 1 unspecified atom stereocenters. The van der Waals surface area contributed by atoms with E-state index in [0.29, 0.717) is 26.1 Å². The largest absolute Gasteiger partial charge is 0.288 e. The first-order valence-corrected chi connectivity index (χ1v) is 7.84. The first-order valence-electron chi connectivity index (χ1n) is 5.71. The fourth-order valence-corrected chi connectivity index (χ4v) is 4.12. The lowest BCUT2D eigenvalue weighted by atomic mass is 9.92. The lowest BCUT2D eigenvalue weighted by molar-refractivity contribution is 0.0979. The second-order valence-electron chi connectivity index (χ2n) is 4.00. The van der Waals surface area contributed by atoms with E-state index in [1.807, 2.05) is 0 Å². The van der Waals surface area contributed by atoms with Crippen LogP contribution in [0.25, 0.3) is 0 Å². The van der Waals surface area contributed by atoms with Crippen LogP contribution in [-0.2, 0) is 10.8 Å². The van der Waals surface area contributed by atoms with E-state index in [4.69, 9.17) is 0 Å². The van der Waals surface area contributed by atoms with Crippen molar-refractivity contribution in [3.05, 3.63) is 46.0 Å². The summed E-state index contributed by atoms with van der Waals surface area (Å²) < 4.78 is 12.1. The number of fused-ring (bicyclic) bond motifs is 2. The normalized spacial score (nSPS) is 15.0. The number of benzene rings is 1. The van der Waals surface area contributed by atoms with E-state index < -0.39 is 10.8 Å². The van der Waals surface area contributed by atoms with Crippen LogP contribution in [0.2, 0.25) is 0 Å². The van der Waals surface area contributed by atoms with Crippen molar-refractivity contribution in [3.8, 4) is 0 Å². The van der Waals surface area contributed by atoms with Gasteiger partial charge < -0.3 is 0 Å². The number of carbonyl (C=O) groups excluding carboxylic acids is 2. The Balaban J connectivity index is 2.21. The highest BCUT2D eigenvalue weighted by Crippen LogP contribution is 2.32. The standard InChI is InChI=1S/C13H9NO3S2/c1-2-19(17)13-14-9-10(15)7-5-3-4-6-8(7)11(16)12(9)18-13/h3-6H,2H2,1H3. The number of aromatic nitrogens is 1. The molecule has 0 saturated heterocycles. The monoisotopic (exact) mass is 291 g/mol. The zero-order chi connectivity index (χ0) is 13.6. The van der Waals surface area contributed by atoms with Gasteiger partial charge in [-0.15, -0.1) is 11.3 Å². The molecule has 1 aromatic carbocycles. The summed E-state index contributed by atoms with van der Waals surface area (Å²) in [5.41, 5.74) is 0.919. The van der Waals surface area contributed by atoms with Gasteiger partial charge in [0.1, 0.15) is 10.6 Å². The fourth-order valence-electron chi connectivity index (χ4n) is 1.96. The van der Waals surface area contributed by atoms with Crippen LogP contribution in [-0.4, -0.2) is 26.5 Å². The van der Waals surface area contributed by atoms with E-state index in [1.54, 1.807) is 31.2 Å². The minimum absolute atomic E-state index is 0.144. The van der Waals surface area contributed by atoms with Crippen LogP contribution in [0, 0.1) is 0 Å². The van der Waals surface area contributed by atoms with Gasteiger partial charge >= 0.3 is 0 Å². The molecule has 1 aromatic heterocycles. The van der Waals surface area contributed by atoms with Crippen molar-refractivity contribution >= 4 is 33.7 Å². The van der Waals surface area contributed by atoms with Gasteiger partial charge in [0.05, 0.1) is 10.8 Å². The third-order valence-electron chi connectivity index (χ3n) is 2.90. The second-order valence-corrected chi connectivity index (χ2v) is 6.91. The van der Waals surface area contributed by atoms with Gasteiger partial charge in [-0.3, -0.25) is 13.8 Å². The summed E-state index contributed by atoms with van der Waals surface area (Å²) in [7, 11) is -1.25. The van der Waals surface area contributed by atoms with Crippen molar-refractivity contribution in [3.63, 3.8) is 0 Å². The van der Waals surface area contributed by atoms with Crippen LogP contribution < -0.4 is 0 Å². The highest BCUT2D eigenvalue weighted by atomic mass is 32.2. The third-order valence-corrected chi connectivity index (χ3v) is 5.56. The zero-order valence-corrected chi connectivity index (χ0v) is 11.6. The quantitative estimate of drug-likeness (QED) is 0.725. The molecule has 0 radical (unpaired) electrons. The van der Waals surface area contributed by atoms with Gasteiger partial charge in [-0.25, -0.2) is 4.98 Å². The average Bonchev–Trinajstić information content (AvgIpc) is 2.89. The Bertz CT molecular complexity index is 681. The van der Waals surface area contributed by atoms with E-state index in [-0.39, 0.29) is 17.3 Å². The molecule has 6 heteroatoms. The molecule has 0 fully saturated rings. The first-order chi connectivity index (χ1) is 9.13. The van der Waals surface area contributed by atoms with Crippen molar-refractivity contribution in [1.29, 1.82) is 0 Å². The minimum atomic E-state index is -1.25. The van der Waals surface area contributed by atoms with Crippen LogP contribution in [0.5, 0.6) is 0 Å². The molecule has 0 saturated carbocycles. The van der Waals surface area contributed by atoms with Gasteiger partial charge in [-0.1, -0.05) is 31.2 Å². The molecule has 1 atom stereocenters. The number of hydrogen-bond donors (Lipinski definition) is 0. The molecular weight excluding hydrogens is 282 g/mol. The van der Waals surface area contributed by atoms with Crippen molar-refractivity contribution in [2.45, 2.75) is 11.3 Å². The van der Waals surface area contributed by atoms with Crippen LogP contribution in [0.4, 0.5) is 0 Å². The highest BCUT2D eigenvalue weighted by Gasteiger charge is 2.33. The fraction of sp³-hybridized carbons (Fsp3) is 0.154. The summed E-state index contributed by atoms with van der Waals surface area (Å²) in [6, 6.07) is 6.69. The molecule has 0 aliphatic heterocycles. The Morgan fingerprint density at radius 1 is 1.16 bits per heavy atom. The summed E-state index contributed by atoms with van der Waals surface area (Å²) in [4.78, 5) is 29.0. The summed E-state index contributed by atoms with van der Waals surface area (Å²) >= 11 is 1.06. The van der Waals surface area contributed by atoms with Crippen LogP contribution in [0.15, 0.2) is 28.6 Å². The average molecular weight is 291 g/mol. The SMILES string of the molecule is CCS(=O)c1nc2c(s1)C(=O)c1ccccc1C2=O. The zero-order valence-electron chi connectivity index (χ0n) is 10.0. The van der Waals surface area contributed by atoms with E-state index in [1.165, 1.54) is 0 Å². The molecule has 4 nitrogen and oxygen atoms in total. The topological polar surface area (TPSA) is 64.1 Å². The summed E-state index contributed by atoms with van der Waals surface area (Å²) in [6.45, 7) is 1.77. The number of ketones is 2. The summed E-state index contributed by atoms with van der Waals surface area (Å²) in [5, 5.41) is 0. The van der Waals surface area contributed by atoms with Crippen molar-refractivity contribution in [1.82, 2.24) is 4.98 Å². The molecule has 96 valence electrons. The number of nitrogens with zero attached hydrogens (tertiary/aromatic N) is 1. The Labute approximate surface area is 115 Å². The second kappa shape index (κ2) is 4.47. The molecule has 0 N–H and O–H groups in total. The molecule has 0 amide bonds. The Morgan fingerprint density at radius 3 is 2.42 bits per heavy atom. The van der Waals surface area contributed by atoms with Crippen LogP contribution in [0.3, 0.4) is 0 Å². The molecule has 0 bridgehead atoms. The summed E-state index contributed by atoms with van der Waals surface area (Å²) in [6.07, 6.45) is 0. The van der Waals surface area contributed by atoms with Crippen molar-refractivity contribution in [2.24, 2.45) is 0 Å². The molecule has 2 aromatic rings. The smallest absolute Gasteiger partial charge is 0.213 e. The highest BCUT2D eigenvalue weighted by molar-refractivity contribution is 7.87. The Morgan fingerprint density at radius 2 is 1.79 bits per heavy atom. The van der Waals surface area contributed by atoms with E-state index in [0.717, 1.165) is 11.3 Å². The first kappa shape index (κ1) is 12.4. The van der Waals surface area contributed by atoms with Gasteiger partial charge in [0, 0.05) is 16.9 Å². The van der Waals surface area contributed by atoms with Crippen molar-refractivity contribution in [2.75, 3.05) is 5.75 Å². The number of thiazole rings is 1. The lowest BCUT2D eigenvalue weighted by Crippen LogP contribution is -2.19. The lowest BCUT2D eigenvalue weighted by Gasteiger charge is -2.11. The predicted molar refractivity (Wildman–Crippen MR) is 72.4 cm³/mol. The molecule has 19 heavy (non-hydrogen) atoms. The maximum atomic E-state index is 12.3. The van der Waals surface area contributed by atoms with E-state index >= 15 is 0 Å².